The van der Waals surface area contributed by atoms with E-state index in [1.807, 2.05) is 6.92 Å². The Balaban J connectivity index is 2.61. The number of ketones is 3. The van der Waals surface area contributed by atoms with E-state index in [1.165, 1.54) is 6.92 Å². The van der Waals surface area contributed by atoms with Crippen LogP contribution in [0.15, 0.2) is 0 Å². The van der Waals surface area contributed by atoms with E-state index in [0.717, 1.165) is 25.7 Å². The number of ether oxygens (including phenoxy) is 1. The Kier molecular flexibility index (Phi) is 11.2. The second kappa shape index (κ2) is 12.6. The van der Waals surface area contributed by atoms with Gasteiger partial charge < -0.3 is 14.6 Å². The number of hydrogen-bond donors (Lipinski definition) is 1. The van der Waals surface area contributed by atoms with Crippen molar-refractivity contribution in [3.63, 3.8) is 0 Å². The molecule has 1 fully saturated rings. The first-order valence-corrected chi connectivity index (χ1v) is 12.1. The van der Waals surface area contributed by atoms with Crippen LogP contribution in [-0.2, 0) is 23.9 Å². The molecule has 0 spiro atoms. The van der Waals surface area contributed by atoms with Crippen molar-refractivity contribution < 1.29 is 29.0 Å². The van der Waals surface area contributed by atoms with Crippen LogP contribution in [0, 0.1) is 22.7 Å². The number of esters is 1. The van der Waals surface area contributed by atoms with E-state index in [2.05, 4.69) is 20.8 Å². The van der Waals surface area contributed by atoms with Crippen LogP contribution in [0.4, 0.5) is 0 Å². The van der Waals surface area contributed by atoms with E-state index in [9.17, 15) is 24.3 Å². The minimum atomic E-state index is -0.644. The van der Waals surface area contributed by atoms with E-state index in [1.54, 1.807) is 6.92 Å². The van der Waals surface area contributed by atoms with Gasteiger partial charge in [-0.1, -0.05) is 34.1 Å². The standard InChI is InChI=1S/C26H44O6/c1-18(16-21(30)10-11-22(17-27)32-20(3)29)8-13-24(31)26(6)15-7-14-25(4,5)23(26)12-9-19(2)28/h18,22-23,27H,7-17H2,1-6H3. The van der Waals surface area contributed by atoms with Gasteiger partial charge in [-0.15, -0.1) is 0 Å². The monoisotopic (exact) mass is 452 g/mol. The van der Waals surface area contributed by atoms with Crippen molar-refractivity contribution in [2.24, 2.45) is 22.7 Å². The average molecular weight is 453 g/mol. The lowest BCUT2D eigenvalue weighted by Gasteiger charge is -2.50. The van der Waals surface area contributed by atoms with Crippen LogP contribution >= 0.6 is 0 Å². The summed E-state index contributed by atoms with van der Waals surface area (Å²) in [6.07, 6.45) is 5.64. The highest BCUT2D eigenvalue weighted by Crippen LogP contribution is 2.54. The normalized spacial score (nSPS) is 24.4. The second-order valence-corrected chi connectivity index (χ2v) is 10.8. The summed E-state index contributed by atoms with van der Waals surface area (Å²) in [7, 11) is 0. The fourth-order valence-corrected chi connectivity index (χ4v) is 5.51. The molecule has 6 nitrogen and oxygen atoms in total. The molecule has 1 rings (SSSR count). The first-order valence-electron chi connectivity index (χ1n) is 12.1. The number of carbonyl (C=O) groups is 4. The summed E-state index contributed by atoms with van der Waals surface area (Å²) in [5, 5.41) is 9.25. The summed E-state index contributed by atoms with van der Waals surface area (Å²) >= 11 is 0. The van der Waals surface area contributed by atoms with E-state index in [0.29, 0.717) is 32.1 Å². The molecule has 0 aromatic heterocycles. The van der Waals surface area contributed by atoms with E-state index < -0.39 is 17.5 Å². The van der Waals surface area contributed by atoms with Crippen molar-refractivity contribution in [2.45, 2.75) is 112 Å². The molecule has 32 heavy (non-hydrogen) atoms. The van der Waals surface area contributed by atoms with Gasteiger partial charge in [0.15, 0.2) is 0 Å². The Hall–Kier alpha value is -1.56. The molecule has 6 heteroatoms. The zero-order valence-corrected chi connectivity index (χ0v) is 21.0. The van der Waals surface area contributed by atoms with Crippen molar-refractivity contribution in [2.75, 3.05) is 6.61 Å². The molecule has 1 aliphatic rings. The van der Waals surface area contributed by atoms with Gasteiger partial charge in [-0.3, -0.25) is 14.4 Å². The van der Waals surface area contributed by atoms with Gasteiger partial charge in [0, 0.05) is 38.0 Å². The van der Waals surface area contributed by atoms with Crippen LogP contribution in [0.25, 0.3) is 0 Å². The molecule has 0 bridgehead atoms. The summed E-state index contributed by atoms with van der Waals surface area (Å²) < 4.78 is 4.97. The number of aliphatic hydroxyl groups is 1. The molecule has 0 saturated heterocycles. The fraction of sp³-hybridized carbons (Fsp3) is 0.846. The molecule has 4 unspecified atom stereocenters. The lowest BCUT2D eigenvalue weighted by atomic mass is 9.53. The van der Waals surface area contributed by atoms with Gasteiger partial charge in [-0.05, 0) is 56.3 Å². The zero-order valence-electron chi connectivity index (χ0n) is 21.0. The van der Waals surface area contributed by atoms with Gasteiger partial charge in [0.25, 0.3) is 0 Å². The summed E-state index contributed by atoms with van der Waals surface area (Å²) in [6.45, 7) is 11.1. The predicted octanol–water partition coefficient (Wildman–Crippen LogP) is 4.84. The Morgan fingerprint density at radius 3 is 2.22 bits per heavy atom. The molecule has 4 atom stereocenters. The van der Waals surface area contributed by atoms with Gasteiger partial charge in [0.1, 0.15) is 23.5 Å². The average Bonchev–Trinajstić information content (AvgIpc) is 2.67. The number of Topliss-reactive ketones (excluding diaryl/α,β-unsaturated/α-hetero) is 3. The van der Waals surface area contributed by atoms with Crippen molar-refractivity contribution in [1.29, 1.82) is 0 Å². The highest BCUT2D eigenvalue weighted by molar-refractivity contribution is 5.85. The molecule has 1 aliphatic carbocycles. The fourth-order valence-electron chi connectivity index (χ4n) is 5.51. The molecule has 0 radical (unpaired) electrons. The van der Waals surface area contributed by atoms with Gasteiger partial charge in [0.05, 0.1) is 6.61 Å². The van der Waals surface area contributed by atoms with E-state index >= 15 is 0 Å². The van der Waals surface area contributed by atoms with Crippen molar-refractivity contribution >= 4 is 23.3 Å². The molecule has 0 amide bonds. The second-order valence-electron chi connectivity index (χ2n) is 10.8. The molecule has 1 N–H and O–H groups in total. The molecular formula is C26H44O6. The quantitative estimate of drug-likeness (QED) is 0.379. The van der Waals surface area contributed by atoms with Gasteiger partial charge in [-0.25, -0.2) is 0 Å². The zero-order chi connectivity index (χ0) is 24.5. The van der Waals surface area contributed by atoms with Crippen LogP contribution in [-0.4, -0.2) is 41.1 Å². The highest BCUT2D eigenvalue weighted by Gasteiger charge is 2.49. The first-order chi connectivity index (χ1) is 14.8. The summed E-state index contributed by atoms with van der Waals surface area (Å²) in [4.78, 5) is 48.3. The van der Waals surface area contributed by atoms with Gasteiger partial charge in [-0.2, -0.15) is 0 Å². The minimum Gasteiger partial charge on any atom is -0.460 e. The van der Waals surface area contributed by atoms with Crippen LogP contribution in [0.2, 0.25) is 0 Å². The Morgan fingerprint density at radius 1 is 1.00 bits per heavy atom. The van der Waals surface area contributed by atoms with Crippen LogP contribution in [0.3, 0.4) is 0 Å². The van der Waals surface area contributed by atoms with E-state index in [4.69, 9.17) is 4.74 Å². The maximum atomic E-state index is 13.4. The number of hydrogen-bond acceptors (Lipinski definition) is 6. The first kappa shape index (κ1) is 28.5. The lowest BCUT2D eigenvalue weighted by Crippen LogP contribution is -2.47. The third-order valence-corrected chi connectivity index (χ3v) is 7.37. The molecule has 0 aromatic carbocycles. The minimum absolute atomic E-state index is 0.0326. The highest BCUT2D eigenvalue weighted by atomic mass is 16.5. The molecular weight excluding hydrogens is 408 g/mol. The molecule has 0 aromatic rings. The third kappa shape index (κ3) is 8.76. The Labute approximate surface area is 193 Å². The van der Waals surface area contributed by atoms with Gasteiger partial charge in [0.2, 0.25) is 0 Å². The van der Waals surface area contributed by atoms with E-state index in [-0.39, 0.29) is 47.6 Å². The molecule has 0 aliphatic heterocycles. The maximum absolute atomic E-state index is 13.4. The van der Waals surface area contributed by atoms with Crippen molar-refractivity contribution in [3.05, 3.63) is 0 Å². The summed E-state index contributed by atoms with van der Waals surface area (Å²) in [5.74, 6) is 0.292. The van der Waals surface area contributed by atoms with Crippen LogP contribution in [0.1, 0.15) is 106 Å². The van der Waals surface area contributed by atoms with Crippen LogP contribution < -0.4 is 0 Å². The van der Waals surface area contributed by atoms with Crippen molar-refractivity contribution in [3.8, 4) is 0 Å². The Bertz CT molecular complexity index is 667. The molecule has 1 saturated carbocycles. The summed E-state index contributed by atoms with van der Waals surface area (Å²) in [6, 6.07) is 0. The smallest absolute Gasteiger partial charge is 0.302 e. The number of aliphatic hydroxyl groups excluding tert-OH is 1. The largest absolute Gasteiger partial charge is 0.460 e. The lowest BCUT2D eigenvalue weighted by molar-refractivity contribution is -0.149. The van der Waals surface area contributed by atoms with Crippen LogP contribution in [0.5, 0.6) is 0 Å². The van der Waals surface area contributed by atoms with Crippen molar-refractivity contribution in [1.82, 2.24) is 0 Å². The number of rotatable bonds is 14. The topological polar surface area (TPSA) is 97.7 Å². The van der Waals surface area contributed by atoms with Gasteiger partial charge >= 0.3 is 5.97 Å². The Morgan fingerprint density at radius 2 is 1.66 bits per heavy atom. The summed E-state index contributed by atoms with van der Waals surface area (Å²) in [5.41, 5.74) is -0.385. The molecule has 0 heterocycles. The predicted molar refractivity (Wildman–Crippen MR) is 124 cm³/mol. The third-order valence-electron chi connectivity index (χ3n) is 7.37. The number of carbonyl (C=O) groups excluding carboxylic acids is 4. The molecule has 184 valence electrons. The SMILES string of the molecule is CC(=O)CCC1C(C)(C)CCCC1(C)C(=O)CCC(C)CC(=O)CCC(CO)OC(C)=O. The maximum Gasteiger partial charge on any atom is 0.302 e.